The molecule has 1 aliphatic heterocycles. The van der Waals surface area contributed by atoms with Gasteiger partial charge in [0.2, 0.25) is 5.88 Å². The Morgan fingerprint density at radius 1 is 1.05 bits per heavy atom. The van der Waals surface area contributed by atoms with Crippen molar-refractivity contribution in [2.75, 3.05) is 13.7 Å². The SMILES string of the molecule is COc1ncnc2c1c(I)nn2[C@H]1C[C@H](O)[C@@H](CO[Si](c2ccccc2)(c2ccccc2)C(C)(C)C)O1. The highest BCUT2D eigenvalue weighted by molar-refractivity contribution is 14.1. The van der Waals surface area contributed by atoms with E-state index >= 15 is 0 Å². The fourth-order valence-electron chi connectivity index (χ4n) is 5.25. The molecule has 10 heteroatoms. The Labute approximate surface area is 231 Å². The van der Waals surface area contributed by atoms with Crippen molar-refractivity contribution in [3.8, 4) is 5.88 Å². The summed E-state index contributed by atoms with van der Waals surface area (Å²) >= 11 is 2.14. The van der Waals surface area contributed by atoms with Gasteiger partial charge in [0.05, 0.1) is 19.8 Å². The van der Waals surface area contributed by atoms with Crippen LogP contribution in [0.25, 0.3) is 11.0 Å². The zero-order chi connectivity index (χ0) is 26.2. The molecular weight excluding hydrogens is 599 g/mol. The van der Waals surface area contributed by atoms with Crippen LogP contribution in [0.2, 0.25) is 5.04 Å². The van der Waals surface area contributed by atoms with E-state index in [2.05, 4.69) is 107 Å². The van der Waals surface area contributed by atoms with Crippen molar-refractivity contribution in [1.29, 1.82) is 0 Å². The molecule has 0 amide bonds. The number of ether oxygens (including phenoxy) is 2. The maximum absolute atomic E-state index is 11.1. The molecule has 0 spiro atoms. The Kier molecular flexibility index (Phi) is 7.38. The van der Waals surface area contributed by atoms with Crippen molar-refractivity contribution < 1.29 is 19.0 Å². The summed E-state index contributed by atoms with van der Waals surface area (Å²) in [4.78, 5) is 8.62. The van der Waals surface area contributed by atoms with Crippen molar-refractivity contribution in [2.45, 2.75) is 50.7 Å². The highest BCUT2D eigenvalue weighted by Crippen LogP contribution is 2.39. The van der Waals surface area contributed by atoms with Crippen LogP contribution in [0, 0.1) is 3.70 Å². The molecule has 0 radical (unpaired) electrons. The van der Waals surface area contributed by atoms with Gasteiger partial charge >= 0.3 is 0 Å². The van der Waals surface area contributed by atoms with Crippen LogP contribution < -0.4 is 15.1 Å². The van der Waals surface area contributed by atoms with Gasteiger partial charge in [0.1, 0.15) is 21.5 Å². The summed E-state index contributed by atoms with van der Waals surface area (Å²) in [6.07, 6.45) is 0.141. The van der Waals surface area contributed by atoms with Crippen LogP contribution in [0.3, 0.4) is 0 Å². The number of rotatable bonds is 7. The second-order valence-electron chi connectivity index (χ2n) is 10.2. The average molecular weight is 631 g/mol. The largest absolute Gasteiger partial charge is 0.480 e. The number of nitrogens with zero attached hydrogens (tertiary/aromatic N) is 4. The predicted molar refractivity (Wildman–Crippen MR) is 153 cm³/mol. The quantitative estimate of drug-likeness (QED) is 0.246. The number of aromatic nitrogens is 4. The van der Waals surface area contributed by atoms with Crippen LogP contribution in [-0.4, -0.2) is 59.1 Å². The van der Waals surface area contributed by atoms with E-state index in [0.717, 1.165) is 9.09 Å². The molecule has 37 heavy (non-hydrogen) atoms. The standard InChI is InChI=1S/C27H31IN4O4Si/c1-27(2,3)37(18-11-7-5-8-12-18,19-13-9-6-10-14-19)35-16-21-20(33)15-22(36-21)32-25-23(24(28)31-32)26(34-4)30-17-29-25/h5-14,17,20-22,33H,15-16H2,1-4H3/t20-,21+,22+/m0/s1. The topological polar surface area (TPSA) is 91.5 Å². The monoisotopic (exact) mass is 630 g/mol. The third-order valence-electron chi connectivity index (χ3n) is 6.96. The van der Waals surface area contributed by atoms with Crippen molar-refractivity contribution in [2.24, 2.45) is 0 Å². The summed E-state index contributed by atoms with van der Waals surface area (Å²) in [6, 6.07) is 20.9. The fourth-order valence-corrected chi connectivity index (χ4v) is 10.5. The Hall–Kier alpha value is -2.38. The van der Waals surface area contributed by atoms with Gasteiger partial charge in [0.25, 0.3) is 8.32 Å². The maximum Gasteiger partial charge on any atom is 0.261 e. The molecule has 0 unspecified atom stereocenters. The molecule has 4 aromatic rings. The average Bonchev–Trinajstić information content (AvgIpc) is 3.44. The number of aliphatic hydroxyl groups excluding tert-OH is 1. The van der Waals surface area contributed by atoms with Gasteiger partial charge in [0, 0.05) is 6.42 Å². The lowest BCUT2D eigenvalue weighted by molar-refractivity contribution is -0.0439. The number of aliphatic hydroxyl groups is 1. The number of hydrogen-bond acceptors (Lipinski definition) is 7. The lowest BCUT2D eigenvalue weighted by Crippen LogP contribution is -2.67. The van der Waals surface area contributed by atoms with E-state index in [1.165, 1.54) is 16.7 Å². The van der Waals surface area contributed by atoms with E-state index in [9.17, 15) is 5.11 Å². The molecule has 5 rings (SSSR count). The number of hydrogen-bond donors (Lipinski definition) is 1. The van der Waals surface area contributed by atoms with E-state index in [0.29, 0.717) is 17.9 Å². The zero-order valence-electron chi connectivity index (χ0n) is 21.3. The highest BCUT2D eigenvalue weighted by atomic mass is 127. The molecule has 1 saturated heterocycles. The molecule has 0 bridgehead atoms. The van der Waals surface area contributed by atoms with Gasteiger partial charge in [-0.25, -0.2) is 14.6 Å². The van der Waals surface area contributed by atoms with Gasteiger partial charge < -0.3 is 19.0 Å². The van der Waals surface area contributed by atoms with E-state index in [4.69, 9.17) is 13.9 Å². The number of methoxy groups -OCH3 is 1. The van der Waals surface area contributed by atoms with Gasteiger partial charge in [-0.1, -0.05) is 81.4 Å². The number of halogens is 1. The molecule has 3 heterocycles. The summed E-state index contributed by atoms with van der Waals surface area (Å²) in [5, 5.41) is 18.6. The Morgan fingerprint density at radius 2 is 1.68 bits per heavy atom. The molecular formula is C27H31IN4O4Si. The van der Waals surface area contributed by atoms with E-state index in [-0.39, 0.29) is 11.6 Å². The Morgan fingerprint density at radius 3 is 2.24 bits per heavy atom. The van der Waals surface area contributed by atoms with Gasteiger partial charge in [-0.2, -0.15) is 5.10 Å². The molecule has 2 aromatic carbocycles. The molecule has 1 N–H and O–H groups in total. The smallest absolute Gasteiger partial charge is 0.261 e. The van der Waals surface area contributed by atoms with Gasteiger partial charge in [0.15, 0.2) is 11.9 Å². The second kappa shape index (κ2) is 10.4. The first-order valence-corrected chi connectivity index (χ1v) is 15.3. The summed E-state index contributed by atoms with van der Waals surface area (Å²) in [5.41, 5.74) is 0.613. The van der Waals surface area contributed by atoms with Crippen LogP contribution in [-0.2, 0) is 9.16 Å². The number of benzene rings is 2. The summed E-state index contributed by atoms with van der Waals surface area (Å²) < 4.78 is 21.2. The Bertz CT molecular complexity index is 1320. The third-order valence-corrected chi connectivity index (χ3v) is 12.7. The van der Waals surface area contributed by atoms with Crippen molar-refractivity contribution in [3.63, 3.8) is 0 Å². The van der Waals surface area contributed by atoms with Crippen molar-refractivity contribution in [3.05, 3.63) is 70.7 Å². The molecule has 0 aliphatic carbocycles. The second-order valence-corrected chi connectivity index (χ2v) is 15.6. The Balaban J connectivity index is 1.46. The van der Waals surface area contributed by atoms with E-state index in [1.54, 1.807) is 11.8 Å². The van der Waals surface area contributed by atoms with Crippen LogP contribution in [0.1, 0.15) is 33.4 Å². The minimum Gasteiger partial charge on any atom is -0.480 e. The summed E-state index contributed by atoms with van der Waals surface area (Å²) in [7, 11) is -1.18. The van der Waals surface area contributed by atoms with E-state index < -0.39 is 26.8 Å². The maximum atomic E-state index is 11.1. The van der Waals surface area contributed by atoms with Gasteiger partial charge in [-0.05, 0) is 38.0 Å². The van der Waals surface area contributed by atoms with Crippen LogP contribution >= 0.6 is 22.6 Å². The predicted octanol–water partition coefficient (Wildman–Crippen LogP) is 3.66. The lowest BCUT2D eigenvalue weighted by Gasteiger charge is -2.43. The first-order chi connectivity index (χ1) is 17.8. The first kappa shape index (κ1) is 26.2. The van der Waals surface area contributed by atoms with Crippen molar-refractivity contribution in [1.82, 2.24) is 19.7 Å². The minimum absolute atomic E-state index is 0.166. The minimum atomic E-state index is -2.75. The van der Waals surface area contributed by atoms with Crippen LogP contribution in [0.4, 0.5) is 0 Å². The molecule has 194 valence electrons. The molecule has 8 nitrogen and oxygen atoms in total. The zero-order valence-corrected chi connectivity index (χ0v) is 24.5. The molecule has 3 atom stereocenters. The first-order valence-electron chi connectivity index (χ1n) is 12.3. The molecule has 2 aromatic heterocycles. The van der Waals surface area contributed by atoms with Crippen LogP contribution in [0.5, 0.6) is 5.88 Å². The van der Waals surface area contributed by atoms with Gasteiger partial charge in [-0.15, -0.1) is 0 Å². The van der Waals surface area contributed by atoms with Crippen LogP contribution in [0.15, 0.2) is 67.0 Å². The third kappa shape index (κ3) is 4.69. The fraction of sp³-hybridized carbons (Fsp3) is 0.370. The summed E-state index contributed by atoms with van der Waals surface area (Å²) in [5.74, 6) is 0.464. The molecule has 1 aliphatic rings. The normalized spacial score (nSPS) is 20.4. The van der Waals surface area contributed by atoms with Crippen molar-refractivity contribution >= 4 is 52.3 Å². The highest BCUT2D eigenvalue weighted by Gasteiger charge is 2.51. The number of fused-ring (bicyclic) bond motifs is 1. The van der Waals surface area contributed by atoms with E-state index in [1.807, 2.05) is 12.1 Å². The van der Waals surface area contributed by atoms with Gasteiger partial charge in [-0.3, -0.25) is 0 Å². The lowest BCUT2D eigenvalue weighted by atomic mass is 10.2. The molecule has 0 saturated carbocycles. The molecule has 1 fully saturated rings. The summed E-state index contributed by atoms with van der Waals surface area (Å²) in [6.45, 7) is 6.97.